The van der Waals surface area contributed by atoms with E-state index >= 15 is 0 Å². The third-order valence-corrected chi connectivity index (χ3v) is 3.24. The molecule has 3 N–H and O–H groups in total. The molecule has 20 heavy (non-hydrogen) atoms. The minimum absolute atomic E-state index is 0.0508. The van der Waals surface area contributed by atoms with Gasteiger partial charge in [-0.15, -0.1) is 0 Å². The van der Waals surface area contributed by atoms with Gasteiger partial charge in [-0.2, -0.15) is 0 Å². The van der Waals surface area contributed by atoms with Crippen LogP contribution >= 0.6 is 0 Å². The van der Waals surface area contributed by atoms with Gasteiger partial charge in [0, 0.05) is 29.1 Å². The standard InChI is InChI=1S/C15H19N3O2/c1-4-20-8-14(19)18-11-5-6-13-12(7-11)15(16)9(2)10(3)17-13/h5-7H,4,8H2,1-3H3,(H2,16,17)(H,18,19). The normalized spacial score (nSPS) is 10.8. The number of anilines is 2. The Hall–Kier alpha value is -2.14. The lowest BCUT2D eigenvalue weighted by Crippen LogP contribution is -2.18. The van der Waals surface area contributed by atoms with Crippen molar-refractivity contribution in [1.29, 1.82) is 0 Å². The van der Waals surface area contributed by atoms with Crippen LogP contribution in [0.4, 0.5) is 11.4 Å². The van der Waals surface area contributed by atoms with Crippen molar-refractivity contribution in [1.82, 2.24) is 4.98 Å². The molecule has 5 nitrogen and oxygen atoms in total. The summed E-state index contributed by atoms with van der Waals surface area (Å²) < 4.78 is 5.06. The fraction of sp³-hybridized carbons (Fsp3) is 0.333. The number of hydrogen-bond donors (Lipinski definition) is 2. The summed E-state index contributed by atoms with van der Waals surface area (Å²) in [6.07, 6.45) is 0. The van der Waals surface area contributed by atoms with Gasteiger partial charge < -0.3 is 15.8 Å². The molecule has 1 heterocycles. The maximum atomic E-state index is 11.6. The lowest BCUT2D eigenvalue weighted by atomic mass is 10.1. The van der Waals surface area contributed by atoms with Crippen molar-refractivity contribution in [3.8, 4) is 0 Å². The Morgan fingerprint density at radius 3 is 2.85 bits per heavy atom. The summed E-state index contributed by atoms with van der Waals surface area (Å²) in [6.45, 7) is 6.29. The Morgan fingerprint density at radius 1 is 1.40 bits per heavy atom. The second-order valence-electron chi connectivity index (χ2n) is 4.65. The zero-order valence-electron chi connectivity index (χ0n) is 12.0. The molecular weight excluding hydrogens is 254 g/mol. The molecule has 0 spiro atoms. The molecule has 1 aromatic heterocycles. The van der Waals surface area contributed by atoms with E-state index in [1.54, 1.807) is 0 Å². The fourth-order valence-electron chi connectivity index (χ4n) is 1.98. The highest BCUT2D eigenvalue weighted by molar-refractivity contribution is 5.98. The molecule has 0 aliphatic carbocycles. The van der Waals surface area contributed by atoms with E-state index < -0.39 is 0 Å². The average Bonchev–Trinajstić information content (AvgIpc) is 2.43. The summed E-state index contributed by atoms with van der Waals surface area (Å²) in [7, 11) is 0. The van der Waals surface area contributed by atoms with Crippen LogP contribution in [0.3, 0.4) is 0 Å². The maximum absolute atomic E-state index is 11.6. The van der Waals surface area contributed by atoms with Crippen LogP contribution in [0.15, 0.2) is 18.2 Å². The highest BCUT2D eigenvalue weighted by atomic mass is 16.5. The molecule has 0 radical (unpaired) electrons. The first kappa shape index (κ1) is 14.3. The molecule has 1 amide bonds. The minimum atomic E-state index is -0.179. The molecule has 0 saturated carbocycles. The molecule has 0 atom stereocenters. The largest absolute Gasteiger partial charge is 0.398 e. The van der Waals surface area contributed by atoms with Gasteiger partial charge in [0.15, 0.2) is 0 Å². The Balaban J connectivity index is 2.31. The predicted molar refractivity (Wildman–Crippen MR) is 80.8 cm³/mol. The monoisotopic (exact) mass is 273 g/mol. The first-order chi connectivity index (χ1) is 9.52. The summed E-state index contributed by atoms with van der Waals surface area (Å²) in [5.41, 5.74) is 10.2. The van der Waals surface area contributed by atoms with Crippen molar-refractivity contribution in [2.24, 2.45) is 0 Å². The Kier molecular flexibility index (Phi) is 4.20. The fourth-order valence-corrected chi connectivity index (χ4v) is 1.98. The number of amides is 1. The van der Waals surface area contributed by atoms with E-state index in [9.17, 15) is 4.79 Å². The van der Waals surface area contributed by atoms with Gasteiger partial charge in [-0.05, 0) is 44.5 Å². The third kappa shape index (κ3) is 2.88. The third-order valence-electron chi connectivity index (χ3n) is 3.24. The summed E-state index contributed by atoms with van der Waals surface area (Å²) in [5, 5.41) is 3.63. The number of aromatic nitrogens is 1. The van der Waals surface area contributed by atoms with E-state index in [0.29, 0.717) is 18.0 Å². The van der Waals surface area contributed by atoms with Crippen molar-refractivity contribution in [3.63, 3.8) is 0 Å². The molecular formula is C15H19N3O2. The van der Waals surface area contributed by atoms with Crippen molar-refractivity contribution in [2.75, 3.05) is 24.3 Å². The van der Waals surface area contributed by atoms with Gasteiger partial charge in [0.05, 0.1) is 5.52 Å². The van der Waals surface area contributed by atoms with Gasteiger partial charge in [-0.25, -0.2) is 0 Å². The number of nitrogens with one attached hydrogen (secondary N) is 1. The number of nitrogens with two attached hydrogens (primary N) is 1. The van der Waals surface area contributed by atoms with Crippen LogP contribution in [0.25, 0.3) is 10.9 Å². The van der Waals surface area contributed by atoms with Crippen LogP contribution in [0, 0.1) is 13.8 Å². The van der Waals surface area contributed by atoms with Crippen LogP contribution < -0.4 is 11.1 Å². The predicted octanol–water partition coefficient (Wildman–Crippen LogP) is 2.41. The molecule has 106 valence electrons. The van der Waals surface area contributed by atoms with E-state index in [1.165, 1.54) is 0 Å². The minimum Gasteiger partial charge on any atom is -0.398 e. The number of aryl methyl sites for hydroxylation is 1. The van der Waals surface area contributed by atoms with Crippen LogP contribution in [0.5, 0.6) is 0 Å². The molecule has 0 fully saturated rings. The number of ether oxygens (including phenoxy) is 1. The molecule has 2 rings (SSSR count). The number of carbonyl (C=O) groups excluding carboxylic acids is 1. The van der Waals surface area contributed by atoms with E-state index in [1.807, 2.05) is 39.0 Å². The van der Waals surface area contributed by atoms with Crippen LogP contribution in [0.1, 0.15) is 18.2 Å². The first-order valence-corrected chi connectivity index (χ1v) is 6.57. The summed E-state index contributed by atoms with van der Waals surface area (Å²) in [5.74, 6) is -0.179. The topological polar surface area (TPSA) is 77.2 Å². The average molecular weight is 273 g/mol. The van der Waals surface area contributed by atoms with E-state index in [4.69, 9.17) is 10.5 Å². The Bertz CT molecular complexity index is 653. The molecule has 0 unspecified atom stereocenters. The number of rotatable bonds is 4. The van der Waals surface area contributed by atoms with E-state index in [0.717, 1.165) is 22.2 Å². The number of pyridine rings is 1. The van der Waals surface area contributed by atoms with Crippen molar-refractivity contribution in [2.45, 2.75) is 20.8 Å². The smallest absolute Gasteiger partial charge is 0.250 e. The molecule has 1 aromatic carbocycles. The lowest BCUT2D eigenvalue weighted by molar-refractivity contribution is -0.120. The first-order valence-electron chi connectivity index (χ1n) is 6.57. The maximum Gasteiger partial charge on any atom is 0.250 e. The quantitative estimate of drug-likeness (QED) is 0.896. The van der Waals surface area contributed by atoms with E-state index in [-0.39, 0.29) is 12.5 Å². The summed E-state index contributed by atoms with van der Waals surface area (Å²) >= 11 is 0. The highest BCUT2D eigenvalue weighted by Crippen LogP contribution is 2.27. The molecule has 0 aliphatic rings. The Labute approximate surface area is 118 Å². The zero-order chi connectivity index (χ0) is 14.7. The van der Waals surface area contributed by atoms with Crippen LogP contribution in [-0.2, 0) is 9.53 Å². The molecule has 0 saturated heterocycles. The molecule has 2 aromatic rings. The second kappa shape index (κ2) is 5.88. The van der Waals surface area contributed by atoms with Crippen LogP contribution in [0.2, 0.25) is 0 Å². The van der Waals surface area contributed by atoms with Crippen LogP contribution in [-0.4, -0.2) is 24.1 Å². The second-order valence-corrected chi connectivity index (χ2v) is 4.65. The number of benzene rings is 1. The van der Waals surface area contributed by atoms with Gasteiger partial charge in [-0.1, -0.05) is 0 Å². The zero-order valence-corrected chi connectivity index (χ0v) is 12.0. The number of nitrogens with zero attached hydrogens (tertiary/aromatic N) is 1. The number of hydrogen-bond acceptors (Lipinski definition) is 4. The Morgan fingerprint density at radius 2 is 2.15 bits per heavy atom. The number of carbonyl (C=O) groups is 1. The molecule has 0 bridgehead atoms. The lowest BCUT2D eigenvalue weighted by Gasteiger charge is -2.11. The highest BCUT2D eigenvalue weighted by Gasteiger charge is 2.08. The van der Waals surface area contributed by atoms with Gasteiger partial charge in [0.2, 0.25) is 5.91 Å². The molecule has 5 heteroatoms. The van der Waals surface area contributed by atoms with Gasteiger partial charge in [0.25, 0.3) is 0 Å². The van der Waals surface area contributed by atoms with E-state index in [2.05, 4.69) is 10.3 Å². The SMILES string of the molecule is CCOCC(=O)Nc1ccc2nc(C)c(C)c(N)c2c1. The van der Waals surface area contributed by atoms with Crippen molar-refractivity contribution < 1.29 is 9.53 Å². The summed E-state index contributed by atoms with van der Waals surface area (Å²) in [6, 6.07) is 5.51. The summed E-state index contributed by atoms with van der Waals surface area (Å²) in [4.78, 5) is 16.1. The van der Waals surface area contributed by atoms with Gasteiger partial charge >= 0.3 is 0 Å². The van der Waals surface area contributed by atoms with Gasteiger partial charge in [0.1, 0.15) is 6.61 Å². The number of fused-ring (bicyclic) bond motifs is 1. The van der Waals surface area contributed by atoms with Gasteiger partial charge in [-0.3, -0.25) is 9.78 Å². The molecule has 0 aliphatic heterocycles. The van der Waals surface area contributed by atoms with Crippen molar-refractivity contribution >= 4 is 28.2 Å². The van der Waals surface area contributed by atoms with Crippen molar-refractivity contribution in [3.05, 3.63) is 29.5 Å². The number of nitrogen functional groups attached to an aromatic ring is 1.